The van der Waals surface area contributed by atoms with Gasteiger partial charge in [-0.25, -0.2) is 4.39 Å². The maximum Gasteiger partial charge on any atom is 0.281 e. The van der Waals surface area contributed by atoms with E-state index in [-0.39, 0.29) is 11.7 Å². The molecule has 7 heteroatoms. The van der Waals surface area contributed by atoms with Crippen LogP contribution < -0.4 is 0 Å². The highest BCUT2D eigenvalue weighted by molar-refractivity contribution is 7.86. The fourth-order valence-electron chi connectivity index (χ4n) is 3.11. The number of hydrogen-bond donors (Lipinski definition) is 0. The summed E-state index contributed by atoms with van der Waals surface area (Å²) in [4.78, 5) is 4.67. The van der Waals surface area contributed by atoms with E-state index in [4.69, 9.17) is 0 Å². The molecule has 0 bridgehead atoms. The summed E-state index contributed by atoms with van der Waals surface area (Å²) in [5, 5.41) is 0. The molecule has 1 aromatic heterocycles. The van der Waals surface area contributed by atoms with Crippen LogP contribution in [0.1, 0.15) is 24.5 Å². The summed E-state index contributed by atoms with van der Waals surface area (Å²) in [7, 11) is -0.333. The second kappa shape index (κ2) is 7.19. The van der Waals surface area contributed by atoms with Crippen LogP contribution >= 0.6 is 0 Å². The molecule has 1 atom stereocenters. The van der Waals surface area contributed by atoms with Crippen LogP contribution in [-0.4, -0.2) is 49.2 Å². The molecule has 1 unspecified atom stereocenters. The second-order valence-electron chi connectivity index (χ2n) is 6.45. The highest BCUT2D eigenvalue weighted by atomic mass is 32.2. The fraction of sp³-hybridized carbons (Fsp3) is 0.389. The van der Waals surface area contributed by atoms with Gasteiger partial charge in [-0.15, -0.1) is 0 Å². The van der Waals surface area contributed by atoms with Gasteiger partial charge in [0.2, 0.25) is 0 Å². The molecule has 1 saturated heterocycles. The number of hydrogen-bond acceptors (Lipinski definition) is 3. The lowest BCUT2D eigenvalue weighted by molar-refractivity contribution is 0.296. The topological polar surface area (TPSA) is 53.5 Å². The van der Waals surface area contributed by atoms with Gasteiger partial charge in [0, 0.05) is 44.4 Å². The van der Waals surface area contributed by atoms with Gasteiger partial charge in [0.15, 0.2) is 0 Å². The van der Waals surface area contributed by atoms with Crippen molar-refractivity contribution in [2.75, 3.05) is 27.2 Å². The van der Waals surface area contributed by atoms with E-state index in [0.717, 1.165) is 24.1 Å². The third-order valence-corrected chi connectivity index (χ3v) is 6.39. The number of aromatic nitrogens is 1. The van der Waals surface area contributed by atoms with Crippen molar-refractivity contribution >= 4 is 10.2 Å². The van der Waals surface area contributed by atoms with Crippen molar-refractivity contribution in [3.05, 3.63) is 54.0 Å². The molecule has 0 aliphatic carbocycles. The molecule has 5 nitrogen and oxygen atoms in total. The molecule has 0 radical (unpaired) electrons. The lowest BCUT2D eigenvalue weighted by Crippen LogP contribution is -2.45. The molecule has 1 aliphatic heterocycles. The molecule has 1 aromatic carbocycles. The first kappa shape index (κ1) is 18.0. The monoisotopic (exact) mass is 363 g/mol. The van der Waals surface area contributed by atoms with Crippen LogP contribution in [0, 0.1) is 5.82 Å². The highest BCUT2D eigenvalue weighted by Crippen LogP contribution is 2.29. The Balaban J connectivity index is 1.86. The van der Waals surface area contributed by atoms with Crippen LogP contribution in [0.2, 0.25) is 0 Å². The van der Waals surface area contributed by atoms with Crippen molar-refractivity contribution in [2.45, 2.75) is 18.8 Å². The Hall–Kier alpha value is -1.83. The average molecular weight is 363 g/mol. The number of pyridine rings is 1. The number of benzene rings is 1. The van der Waals surface area contributed by atoms with Gasteiger partial charge in [0.25, 0.3) is 10.2 Å². The van der Waals surface area contributed by atoms with Crippen LogP contribution in [0.5, 0.6) is 0 Å². The van der Waals surface area contributed by atoms with Crippen molar-refractivity contribution in [1.29, 1.82) is 0 Å². The minimum atomic E-state index is -3.42. The lowest BCUT2D eigenvalue weighted by Gasteiger charge is -2.33. The van der Waals surface area contributed by atoms with E-state index in [0.29, 0.717) is 18.8 Å². The molecular weight excluding hydrogens is 341 g/mol. The van der Waals surface area contributed by atoms with E-state index in [1.165, 1.54) is 20.7 Å². The second-order valence-corrected chi connectivity index (χ2v) is 8.59. The van der Waals surface area contributed by atoms with E-state index in [2.05, 4.69) is 4.98 Å². The minimum Gasteiger partial charge on any atom is -0.252 e. The van der Waals surface area contributed by atoms with Gasteiger partial charge < -0.3 is 0 Å². The quantitative estimate of drug-likeness (QED) is 0.839. The van der Waals surface area contributed by atoms with Crippen LogP contribution in [0.3, 0.4) is 0 Å². The van der Waals surface area contributed by atoms with Crippen molar-refractivity contribution in [3.8, 4) is 11.3 Å². The molecule has 3 rings (SSSR count). The first-order valence-corrected chi connectivity index (χ1v) is 9.68. The Morgan fingerprint density at radius 2 is 1.96 bits per heavy atom. The van der Waals surface area contributed by atoms with E-state index in [1.54, 1.807) is 20.2 Å². The number of halogens is 1. The molecule has 0 amide bonds. The molecule has 0 N–H and O–H groups in total. The Bertz CT molecular complexity index is 855. The summed E-state index contributed by atoms with van der Waals surface area (Å²) in [5.41, 5.74) is 2.26. The van der Waals surface area contributed by atoms with Crippen LogP contribution in [0.15, 0.2) is 42.5 Å². The maximum absolute atomic E-state index is 13.5. The molecule has 2 heterocycles. The molecule has 134 valence electrons. The smallest absolute Gasteiger partial charge is 0.252 e. The summed E-state index contributed by atoms with van der Waals surface area (Å²) < 4.78 is 41.0. The minimum absolute atomic E-state index is 0.0389. The number of rotatable bonds is 4. The Morgan fingerprint density at radius 3 is 2.68 bits per heavy atom. The zero-order valence-corrected chi connectivity index (χ0v) is 15.2. The zero-order valence-electron chi connectivity index (χ0n) is 14.4. The van der Waals surface area contributed by atoms with Crippen molar-refractivity contribution in [3.63, 3.8) is 0 Å². The third-order valence-electron chi connectivity index (χ3n) is 4.48. The maximum atomic E-state index is 13.5. The Labute approximate surface area is 148 Å². The predicted octanol–water partition coefficient (Wildman–Crippen LogP) is 2.87. The Morgan fingerprint density at radius 1 is 1.20 bits per heavy atom. The molecule has 2 aromatic rings. The van der Waals surface area contributed by atoms with Gasteiger partial charge in [-0.3, -0.25) is 4.98 Å². The zero-order chi connectivity index (χ0) is 18.0. The summed E-state index contributed by atoms with van der Waals surface area (Å²) in [5.74, 6) is -0.261. The highest BCUT2D eigenvalue weighted by Gasteiger charge is 2.31. The molecular formula is C18H22FN3O2S. The van der Waals surface area contributed by atoms with Crippen LogP contribution in [0.25, 0.3) is 11.3 Å². The molecule has 1 fully saturated rings. The van der Waals surface area contributed by atoms with Gasteiger partial charge in [0.05, 0.1) is 5.69 Å². The SMILES string of the molecule is CN(C)S(=O)(=O)N1CCCC(c2cccc(-c3cccc(F)c3)n2)C1. The largest absolute Gasteiger partial charge is 0.281 e. The molecule has 25 heavy (non-hydrogen) atoms. The normalized spacial score (nSPS) is 19.3. The van der Waals surface area contributed by atoms with Gasteiger partial charge in [-0.1, -0.05) is 18.2 Å². The van der Waals surface area contributed by atoms with E-state index >= 15 is 0 Å². The van der Waals surface area contributed by atoms with Gasteiger partial charge in [-0.05, 0) is 37.1 Å². The molecule has 0 spiro atoms. The van der Waals surface area contributed by atoms with Gasteiger partial charge >= 0.3 is 0 Å². The summed E-state index contributed by atoms with van der Waals surface area (Å²) in [6, 6.07) is 12.0. The summed E-state index contributed by atoms with van der Waals surface area (Å²) in [6.07, 6.45) is 1.68. The lowest BCUT2D eigenvalue weighted by atomic mass is 9.95. The van der Waals surface area contributed by atoms with Crippen molar-refractivity contribution < 1.29 is 12.8 Å². The van der Waals surface area contributed by atoms with Crippen LogP contribution in [-0.2, 0) is 10.2 Å². The van der Waals surface area contributed by atoms with Gasteiger partial charge in [-0.2, -0.15) is 17.0 Å². The molecule has 0 saturated carbocycles. The standard InChI is InChI=1S/C18H22FN3O2S/c1-21(2)25(23,24)22-11-5-7-15(13-22)18-10-4-9-17(20-18)14-6-3-8-16(19)12-14/h3-4,6,8-10,12,15H,5,7,11,13H2,1-2H3. The van der Waals surface area contributed by atoms with Crippen LogP contribution in [0.4, 0.5) is 4.39 Å². The Kier molecular flexibility index (Phi) is 5.17. The number of nitrogens with zero attached hydrogens (tertiary/aromatic N) is 3. The van der Waals surface area contributed by atoms with Crippen molar-refractivity contribution in [1.82, 2.24) is 13.6 Å². The van der Waals surface area contributed by atoms with E-state index in [9.17, 15) is 12.8 Å². The summed E-state index contributed by atoms with van der Waals surface area (Å²) >= 11 is 0. The number of piperidine rings is 1. The predicted molar refractivity (Wildman–Crippen MR) is 95.8 cm³/mol. The van der Waals surface area contributed by atoms with Crippen molar-refractivity contribution in [2.24, 2.45) is 0 Å². The fourth-order valence-corrected chi connectivity index (χ4v) is 4.30. The summed E-state index contributed by atoms with van der Waals surface area (Å²) in [6.45, 7) is 0.945. The van der Waals surface area contributed by atoms with E-state index < -0.39 is 10.2 Å². The van der Waals surface area contributed by atoms with Gasteiger partial charge in [0.1, 0.15) is 5.82 Å². The molecule has 1 aliphatic rings. The average Bonchev–Trinajstić information content (AvgIpc) is 2.62. The first-order chi connectivity index (χ1) is 11.9. The van der Waals surface area contributed by atoms with E-state index in [1.807, 2.05) is 24.3 Å². The third kappa shape index (κ3) is 3.89. The first-order valence-electron chi connectivity index (χ1n) is 8.28.